The van der Waals surface area contributed by atoms with Gasteiger partial charge < -0.3 is 0 Å². The maximum absolute atomic E-state index is 8.67. The molecule has 0 heterocycles. The average molecular weight is 188 g/mol. The first kappa shape index (κ1) is 10.7. The molecule has 0 fully saturated rings. The van der Waals surface area contributed by atoms with E-state index in [-0.39, 0.29) is 12.1 Å². The Kier molecular flexibility index (Phi) is 3.67. The summed E-state index contributed by atoms with van der Waals surface area (Å²) in [6.45, 7) is 6.01. The standard InChI is InChI=1S/C12H16N2/c1-9-5-4-6-12(7-9)11(3)14-10(2)8-13/h4-7,10-11,14H,1-3H3/t10?,11-/m1/s1. The summed E-state index contributed by atoms with van der Waals surface area (Å²) in [5.41, 5.74) is 2.48. The highest BCUT2D eigenvalue weighted by Gasteiger charge is 2.07. The van der Waals surface area contributed by atoms with Crippen molar-refractivity contribution in [2.45, 2.75) is 32.9 Å². The van der Waals surface area contributed by atoms with Gasteiger partial charge in [0.05, 0.1) is 12.1 Å². The molecule has 0 aromatic heterocycles. The van der Waals surface area contributed by atoms with Crippen LogP contribution in [0.3, 0.4) is 0 Å². The summed E-state index contributed by atoms with van der Waals surface area (Å²) in [4.78, 5) is 0. The van der Waals surface area contributed by atoms with Crippen LogP contribution in [0, 0.1) is 18.3 Å². The normalized spacial score (nSPS) is 14.4. The fraction of sp³-hybridized carbons (Fsp3) is 0.417. The van der Waals surface area contributed by atoms with Crippen LogP contribution >= 0.6 is 0 Å². The van der Waals surface area contributed by atoms with Crippen LogP contribution in [-0.2, 0) is 0 Å². The minimum Gasteiger partial charge on any atom is -0.296 e. The second-order valence-electron chi connectivity index (χ2n) is 3.65. The molecule has 0 aliphatic carbocycles. The van der Waals surface area contributed by atoms with Gasteiger partial charge in [-0.1, -0.05) is 29.8 Å². The molecule has 0 aliphatic heterocycles. The summed E-state index contributed by atoms with van der Waals surface area (Å²) < 4.78 is 0. The van der Waals surface area contributed by atoms with Crippen LogP contribution in [0.25, 0.3) is 0 Å². The van der Waals surface area contributed by atoms with Gasteiger partial charge >= 0.3 is 0 Å². The third kappa shape index (κ3) is 2.86. The lowest BCUT2D eigenvalue weighted by Crippen LogP contribution is -2.27. The topological polar surface area (TPSA) is 35.8 Å². The number of aryl methyl sites for hydroxylation is 1. The Hall–Kier alpha value is -1.33. The average Bonchev–Trinajstić information content (AvgIpc) is 2.17. The van der Waals surface area contributed by atoms with Crippen LogP contribution in [0.1, 0.15) is 31.0 Å². The minimum absolute atomic E-state index is 0.106. The first-order valence-corrected chi connectivity index (χ1v) is 4.85. The molecular weight excluding hydrogens is 172 g/mol. The van der Waals surface area contributed by atoms with Crippen LogP contribution in [-0.4, -0.2) is 6.04 Å². The number of rotatable bonds is 3. The Morgan fingerprint density at radius 1 is 1.36 bits per heavy atom. The van der Waals surface area contributed by atoms with Crippen molar-refractivity contribution in [3.63, 3.8) is 0 Å². The second kappa shape index (κ2) is 4.78. The Labute approximate surface area is 85.6 Å². The van der Waals surface area contributed by atoms with E-state index in [1.807, 2.05) is 13.0 Å². The van der Waals surface area contributed by atoms with Crippen molar-refractivity contribution in [1.29, 1.82) is 5.26 Å². The Morgan fingerprint density at radius 2 is 2.07 bits per heavy atom. The zero-order chi connectivity index (χ0) is 10.6. The molecule has 1 rings (SSSR count). The van der Waals surface area contributed by atoms with Crippen molar-refractivity contribution in [3.8, 4) is 6.07 Å². The van der Waals surface area contributed by atoms with Crippen molar-refractivity contribution in [2.75, 3.05) is 0 Å². The summed E-state index contributed by atoms with van der Waals surface area (Å²) in [6, 6.07) is 10.6. The van der Waals surface area contributed by atoms with Gasteiger partial charge in [-0.25, -0.2) is 0 Å². The highest BCUT2D eigenvalue weighted by atomic mass is 14.9. The zero-order valence-corrected chi connectivity index (χ0v) is 8.91. The molecule has 14 heavy (non-hydrogen) atoms. The van der Waals surface area contributed by atoms with Crippen molar-refractivity contribution < 1.29 is 0 Å². The first-order valence-electron chi connectivity index (χ1n) is 4.85. The number of nitrogens with one attached hydrogen (secondary N) is 1. The smallest absolute Gasteiger partial charge is 0.0929 e. The van der Waals surface area contributed by atoms with Crippen LogP contribution in [0.4, 0.5) is 0 Å². The number of hydrogen-bond donors (Lipinski definition) is 1. The van der Waals surface area contributed by atoms with E-state index in [0.717, 1.165) is 0 Å². The number of benzene rings is 1. The van der Waals surface area contributed by atoms with E-state index in [1.165, 1.54) is 11.1 Å². The molecule has 1 aromatic rings. The lowest BCUT2D eigenvalue weighted by atomic mass is 10.1. The van der Waals surface area contributed by atoms with Crippen molar-refractivity contribution in [3.05, 3.63) is 35.4 Å². The monoisotopic (exact) mass is 188 g/mol. The van der Waals surface area contributed by atoms with Gasteiger partial charge in [-0.05, 0) is 26.3 Å². The molecule has 1 N–H and O–H groups in total. The van der Waals surface area contributed by atoms with Crippen molar-refractivity contribution >= 4 is 0 Å². The maximum Gasteiger partial charge on any atom is 0.0929 e. The van der Waals surface area contributed by atoms with Crippen LogP contribution < -0.4 is 5.32 Å². The molecule has 1 aromatic carbocycles. The molecule has 2 nitrogen and oxygen atoms in total. The fourth-order valence-electron chi connectivity index (χ4n) is 1.45. The summed E-state index contributed by atoms with van der Waals surface area (Å²) in [5.74, 6) is 0. The van der Waals surface area contributed by atoms with E-state index in [2.05, 4.69) is 43.4 Å². The zero-order valence-electron chi connectivity index (χ0n) is 8.91. The van der Waals surface area contributed by atoms with Gasteiger partial charge in [0.2, 0.25) is 0 Å². The highest BCUT2D eigenvalue weighted by molar-refractivity contribution is 5.24. The van der Waals surface area contributed by atoms with Gasteiger partial charge in [0.25, 0.3) is 0 Å². The molecule has 0 amide bonds. The van der Waals surface area contributed by atoms with Gasteiger partial charge in [-0.2, -0.15) is 5.26 Å². The van der Waals surface area contributed by atoms with E-state index < -0.39 is 0 Å². The van der Waals surface area contributed by atoms with Crippen LogP contribution in [0.15, 0.2) is 24.3 Å². The molecule has 0 saturated carbocycles. The van der Waals surface area contributed by atoms with Gasteiger partial charge in [0, 0.05) is 6.04 Å². The molecule has 2 heteroatoms. The molecule has 1 unspecified atom stereocenters. The van der Waals surface area contributed by atoms with Crippen LogP contribution in [0.5, 0.6) is 0 Å². The predicted molar refractivity (Wildman–Crippen MR) is 57.8 cm³/mol. The predicted octanol–water partition coefficient (Wildman–Crippen LogP) is 2.56. The molecular formula is C12H16N2. The SMILES string of the molecule is Cc1cccc([C@@H](C)NC(C)C#N)c1. The molecule has 0 radical (unpaired) electrons. The molecule has 0 saturated heterocycles. The molecule has 2 atom stereocenters. The molecule has 0 spiro atoms. The minimum atomic E-state index is -0.106. The molecule has 0 aliphatic rings. The van der Waals surface area contributed by atoms with Gasteiger partial charge in [0.1, 0.15) is 0 Å². The van der Waals surface area contributed by atoms with Crippen molar-refractivity contribution in [1.82, 2.24) is 5.32 Å². The quantitative estimate of drug-likeness (QED) is 0.791. The second-order valence-corrected chi connectivity index (χ2v) is 3.65. The van der Waals surface area contributed by atoms with E-state index >= 15 is 0 Å². The highest BCUT2D eigenvalue weighted by Crippen LogP contribution is 2.13. The van der Waals surface area contributed by atoms with Gasteiger partial charge in [-0.15, -0.1) is 0 Å². The number of hydrogen-bond acceptors (Lipinski definition) is 2. The third-order valence-electron chi connectivity index (χ3n) is 2.24. The van der Waals surface area contributed by atoms with Gasteiger partial charge in [0.15, 0.2) is 0 Å². The summed E-state index contributed by atoms with van der Waals surface area (Å²) in [6.07, 6.45) is 0. The molecule has 74 valence electrons. The first-order chi connectivity index (χ1) is 6.63. The van der Waals surface area contributed by atoms with Gasteiger partial charge in [-0.3, -0.25) is 5.32 Å². The number of nitriles is 1. The fourth-order valence-corrected chi connectivity index (χ4v) is 1.45. The third-order valence-corrected chi connectivity index (χ3v) is 2.24. The number of nitrogens with zero attached hydrogens (tertiary/aromatic N) is 1. The largest absolute Gasteiger partial charge is 0.296 e. The molecule has 0 bridgehead atoms. The summed E-state index contributed by atoms with van der Waals surface area (Å²) in [7, 11) is 0. The van der Waals surface area contributed by atoms with Crippen molar-refractivity contribution in [2.24, 2.45) is 0 Å². The Morgan fingerprint density at radius 3 is 2.64 bits per heavy atom. The lowest BCUT2D eigenvalue weighted by Gasteiger charge is -2.15. The Balaban J connectivity index is 2.70. The van der Waals surface area contributed by atoms with Crippen LogP contribution in [0.2, 0.25) is 0 Å². The lowest BCUT2D eigenvalue weighted by molar-refractivity contribution is 0.542. The summed E-state index contributed by atoms with van der Waals surface area (Å²) >= 11 is 0. The van der Waals surface area contributed by atoms with E-state index in [9.17, 15) is 0 Å². The van der Waals surface area contributed by atoms with E-state index in [1.54, 1.807) is 0 Å². The maximum atomic E-state index is 8.67. The summed E-state index contributed by atoms with van der Waals surface area (Å²) in [5, 5.41) is 11.9. The van der Waals surface area contributed by atoms with E-state index in [0.29, 0.717) is 0 Å². The Bertz CT molecular complexity index is 338. The van der Waals surface area contributed by atoms with E-state index in [4.69, 9.17) is 5.26 Å².